The number of thioether (sulfide) groups is 1. The molecule has 4 aromatic rings. The quantitative estimate of drug-likeness (QED) is 0.513. The molecule has 0 saturated heterocycles. The smallest absolute Gasteiger partial charge is 0.252 e. The first kappa shape index (κ1) is 19.3. The minimum absolute atomic E-state index is 0.0810. The van der Waals surface area contributed by atoms with Crippen LogP contribution in [0.4, 0.5) is 5.82 Å². The molecular formula is C23H19N5O2S. The van der Waals surface area contributed by atoms with Crippen LogP contribution in [0.5, 0.6) is 11.5 Å². The molecular weight excluding hydrogens is 410 g/mol. The second-order valence-corrected chi connectivity index (χ2v) is 8.13. The minimum Gasteiger partial charge on any atom is -0.457 e. The molecule has 1 aliphatic heterocycles. The maximum absolute atomic E-state index is 12.5. The average Bonchev–Trinajstić information content (AvgIpc) is 3.00. The number of anilines is 1. The van der Waals surface area contributed by atoms with Crippen molar-refractivity contribution in [3.63, 3.8) is 0 Å². The molecule has 1 amide bonds. The zero-order valence-electron chi connectivity index (χ0n) is 16.7. The Balaban J connectivity index is 1.57. The van der Waals surface area contributed by atoms with E-state index in [9.17, 15) is 4.79 Å². The summed E-state index contributed by atoms with van der Waals surface area (Å²) in [7, 11) is 0. The van der Waals surface area contributed by atoms with Crippen molar-refractivity contribution in [3.8, 4) is 17.4 Å². The van der Waals surface area contributed by atoms with Crippen molar-refractivity contribution in [2.75, 3.05) is 11.1 Å². The van der Waals surface area contributed by atoms with Gasteiger partial charge in [0.25, 0.3) is 5.95 Å². The number of carbonyl (C=O) groups is 1. The van der Waals surface area contributed by atoms with E-state index in [1.54, 1.807) is 34.9 Å². The highest BCUT2D eigenvalue weighted by molar-refractivity contribution is 8.00. The molecule has 2 aromatic carbocycles. The molecule has 8 heteroatoms. The van der Waals surface area contributed by atoms with Crippen molar-refractivity contribution < 1.29 is 9.53 Å². The van der Waals surface area contributed by atoms with Crippen molar-refractivity contribution in [2.24, 2.45) is 0 Å². The number of hydrogen-bond acceptors (Lipinski definition) is 6. The number of para-hydroxylation sites is 1. The van der Waals surface area contributed by atoms with Gasteiger partial charge in [-0.05, 0) is 42.8 Å². The SMILES string of the molecule is Cc1nn(-c2ncccn2)c2c1[C@@H](c1cccc(Oc3ccccc3)c1)SCC(=O)N2. The first-order valence-corrected chi connectivity index (χ1v) is 10.8. The number of rotatable bonds is 4. The van der Waals surface area contributed by atoms with E-state index >= 15 is 0 Å². The second-order valence-electron chi connectivity index (χ2n) is 7.04. The summed E-state index contributed by atoms with van der Waals surface area (Å²) in [6, 6.07) is 19.4. The van der Waals surface area contributed by atoms with Crippen LogP contribution in [0.3, 0.4) is 0 Å². The predicted octanol–water partition coefficient (Wildman–Crippen LogP) is 4.54. The normalized spacial score (nSPS) is 15.6. The maximum Gasteiger partial charge on any atom is 0.252 e. The van der Waals surface area contributed by atoms with Gasteiger partial charge in [0.2, 0.25) is 5.91 Å². The highest BCUT2D eigenvalue weighted by atomic mass is 32.2. The summed E-state index contributed by atoms with van der Waals surface area (Å²) in [5.41, 5.74) is 2.80. The Morgan fingerprint density at radius 2 is 1.81 bits per heavy atom. The van der Waals surface area contributed by atoms with E-state index in [2.05, 4.69) is 20.4 Å². The molecule has 0 unspecified atom stereocenters. The third kappa shape index (κ3) is 3.89. The molecule has 0 spiro atoms. The fourth-order valence-corrected chi connectivity index (χ4v) is 4.74. The summed E-state index contributed by atoms with van der Waals surface area (Å²) in [6.45, 7) is 1.94. The number of amides is 1. The van der Waals surface area contributed by atoms with Crippen LogP contribution < -0.4 is 10.1 Å². The largest absolute Gasteiger partial charge is 0.457 e. The molecule has 0 fully saturated rings. The summed E-state index contributed by atoms with van der Waals surface area (Å²) in [6.07, 6.45) is 3.31. The summed E-state index contributed by atoms with van der Waals surface area (Å²) >= 11 is 1.56. The monoisotopic (exact) mass is 429 g/mol. The lowest BCUT2D eigenvalue weighted by Crippen LogP contribution is -2.16. The van der Waals surface area contributed by atoms with Gasteiger partial charge in [-0.3, -0.25) is 4.79 Å². The van der Waals surface area contributed by atoms with Gasteiger partial charge in [-0.2, -0.15) is 9.78 Å². The van der Waals surface area contributed by atoms with Gasteiger partial charge in [0.1, 0.15) is 17.3 Å². The highest BCUT2D eigenvalue weighted by Crippen LogP contribution is 2.44. The third-order valence-corrected chi connectivity index (χ3v) is 6.16. The molecule has 154 valence electrons. The van der Waals surface area contributed by atoms with Gasteiger partial charge >= 0.3 is 0 Å². The van der Waals surface area contributed by atoms with E-state index in [0.29, 0.717) is 17.5 Å². The van der Waals surface area contributed by atoms with Gasteiger partial charge in [0.15, 0.2) is 0 Å². The van der Waals surface area contributed by atoms with E-state index < -0.39 is 0 Å². The number of aryl methyl sites for hydroxylation is 1. The lowest BCUT2D eigenvalue weighted by atomic mass is 10.0. The second kappa shape index (κ2) is 8.23. The van der Waals surface area contributed by atoms with Gasteiger partial charge in [-0.1, -0.05) is 30.3 Å². The molecule has 2 aromatic heterocycles. The first-order valence-electron chi connectivity index (χ1n) is 9.80. The molecule has 0 aliphatic carbocycles. The Bertz CT molecular complexity index is 1230. The lowest BCUT2D eigenvalue weighted by molar-refractivity contribution is -0.113. The standard InChI is InChI=1S/C23H19N5O2S/c1-15-20-21(16-7-5-10-18(13-16)30-17-8-3-2-4-9-17)31-14-19(29)26-22(20)28(27-15)23-24-11-6-12-25-23/h2-13,21H,14H2,1H3,(H,26,29)/t21-/m1/s1. The van der Waals surface area contributed by atoms with Gasteiger partial charge in [0.05, 0.1) is 16.7 Å². The van der Waals surface area contributed by atoms with Crippen LogP contribution in [0, 0.1) is 6.92 Å². The van der Waals surface area contributed by atoms with E-state index in [-0.39, 0.29) is 11.2 Å². The molecule has 5 rings (SSSR count). The van der Waals surface area contributed by atoms with E-state index in [1.807, 2.05) is 61.5 Å². The number of ether oxygens (including phenoxy) is 1. The van der Waals surface area contributed by atoms with Crippen LogP contribution in [0.2, 0.25) is 0 Å². The third-order valence-electron chi connectivity index (χ3n) is 4.89. The number of carbonyl (C=O) groups excluding carboxylic acids is 1. The molecule has 3 heterocycles. The number of nitrogens with zero attached hydrogens (tertiary/aromatic N) is 4. The van der Waals surface area contributed by atoms with Crippen LogP contribution in [0.1, 0.15) is 22.1 Å². The number of fused-ring (bicyclic) bond motifs is 1. The number of benzene rings is 2. The van der Waals surface area contributed by atoms with Crippen LogP contribution in [0.25, 0.3) is 5.95 Å². The summed E-state index contributed by atoms with van der Waals surface area (Å²) < 4.78 is 7.63. The predicted molar refractivity (Wildman–Crippen MR) is 120 cm³/mol. The average molecular weight is 430 g/mol. The molecule has 1 N–H and O–H groups in total. The maximum atomic E-state index is 12.5. The molecule has 1 atom stereocenters. The molecule has 0 radical (unpaired) electrons. The first-order chi connectivity index (χ1) is 15.2. The summed E-state index contributed by atoms with van der Waals surface area (Å²) in [5.74, 6) is 2.79. The Kier molecular flexibility index (Phi) is 5.13. The van der Waals surface area contributed by atoms with Crippen molar-refractivity contribution in [3.05, 3.63) is 89.9 Å². The summed E-state index contributed by atoms with van der Waals surface area (Å²) in [5, 5.41) is 7.54. The van der Waals surface area contributed by atoms with Crippen LogP contribution >= 0.6 is 11.8 Å². The topological polar surface area (TPSA) is 81.9 Å². The Morgan fingerprint density at radius 3 is 2.61 bits per heavy atom. The van der Waals surface area contributed by atoms with Crippen molar-refractivity contribution in [1.29, 1.82) is 0 Å². The van der Waals surface area contributed by atoms with E-state index in [0.717, 1.165) is 28.3 Å². The van der Waals surface area contributed by atoms with Crippen LogP contribution in [0.15, 0.2) is 73.1 Å². The molecule has 1 aliphatic rings. The number of hydrogen-bond donors (Lipinski definition) is 1. The zero-order chi connectivity index (χ0) is 21.2. The van der Waals surface area contributed by atoms with Crippen molar-refractivity contribution in [2.45, 2.75) is 12.2 Å². The number of nitrogens with one attached hydrogen (secondary N) is 1. The lowest BCUT2D eigenvalue weighted by Gasteiger charge is -2.16. The number of aromatic nitrogens is 4. The Labute approximate surface area is 183 Å². The van der Waals surface area contributed by atoms with Gasteiger partial charge in [-0.15, -0.1) is 11.8 Å². The summed E-state index contributed by atoms with van der Waals surface area (Å²) in [4.78, 5) is 21.1. The molecule has 31 heavy (non-hydrogen) atoms. The fraction of sp³-hybridized carbons (Fsp3) is 0.130. The highest BCUT2D eigenvalue weighted by Gasteiger charge is 2.31. The zero-order valence-corrected chi connectivity index (χ0v) is 17.5. The van der Waals surface area contributed by atoms with Crippen LogP contribution in [-0.2, 0) is 4.79 Å². The van der Waals surface area contributed by atoms with Crippen molar-refractivity contribution in [1.82, 2.24) is 19.7 Å². The molecule has 0 saturated carbocycles. The van der Waals surface area contributed by atoms with Crippen LogP contribution in [-0.4, -0.2) is 31.4 Å². The minimum atomic E-state index is -0.0919. The molecule has 0 bridgehead atoms. The van der Waals surface area contributed by atoms with E-state index in [4.69, 9.17) is 4.74 Å². The van der Waals surface area contributed by atoms with E-state index in [1.165, 1.54) is 0 Å². The van der Waals surface area contributed by atoms with Gasteiger partial charge in [0, 0.05) is 18.0 Å². The van der Waals surface area contributed by atoms with Gasteiger partial charge in [-0.25, -0.2) is 9.97 Å². The van der Waals surface area contributed by atoms with Gasteiger partial charge < -0.3 is 10.1 Å². The Morgan fingerprint density at radius 1 is 1.03 bits per heavy atom. The Hall–Kier alpha value is -3.65. The van der Waals surface area contributed by atoms with Crippen molar-refractivity contribution >= 4 is 23.5 Å². The molecule has 7 nitrogen and oxygen atoms in total. The fourth-order valence-electron chi connectivity index (χ4n) is 3.56.